The molecule has 1 aliphatic heterocycles. The summed E-state index contributed by atoms with van der Waals surface area (Å²) in [5.74, 6) is 0.0364. The highest BCUT2D eigenvalue weighted by Crippen LogP contribution is 2.34. The van der Waals surface area contributed by atoms with Crippen LogP contribution in [0.3, 0.4) is 0 Å². The van der Waals surface area contributed by atoms with E-state index in [9.17, 15) is 4.79 Å². The second kappa shape index (κ2) is 6.63. The predicted molar refractivity (Wildman–Crippen MR) is 89.6 cm³/mol. The third kappa shape index (κ3) is 3.08. The number of hydrogen-bond acceptors (Lipinski definition) is 3. The van der Waals surface area contributed by atoms with Gasteiger partial charge >= 0.3 is 0 Å². The number of carbonyl (C=O) groups excluding carboxylic acids is 1. The van der Waals surface area contributed by atoms with Crippen LogP contribution in [0.4, 0.5) is 0 Å². The van der Waals surface area contributed by atoms with Crippen LogP contribution in [-0.4, -0.2) is 25.7 Å². The molecule has 1 fully saturated rings. The Balaban J connectivity index is 1.77. The van der Waals surface area contributed by atoms with Crippen molar-refractivity contribution >= 4 is 17.2 Å². The molecular formula is C18H21NO2S. The van der Waals surface area contributed by atoms with Gasteiger partial charge in [-0.1, -0.05) is 30.3 Å². The molecule has 0 atom stereocenters. The summed E-state index contributed by atoms with van der Waals surface area (Å²) < 4.78 is 5.53. The highest BCUT2D eigenvalue weighted by atomic mass is 32.1. The summed E-state index contributed by atoms with van der Waals surface area (Å²) in [7, 11) is 0. The molecule has 1 saturated heterocycles. The minimum absolute atomic E-state index is 0.0136. The number of thiophene rings is 1. The first-order chi connectivity index (χ1) is 10.7. The molecule has 0 aliphatic carbocycles. The van der Waals surface area contributed by atoms with E-state index in [2.05, 4.69) is 29.6 Å². The van der Waals surface area contributed by atoms with Crippen molar-refractivity contribution in [1.29, 1.82) is 0 Å². The molecule has 0 spiro atoms. The van der Waals surface area contributed by atoms with Gasteiger partial charge in [-0.3, -0.25) is 4.79 Å². The van der Waals surface area contributed by atoms with Crippen LogP contribution in [0, 0.1) is 6.92 Å². The standard InChI is InChI=1S/C18H21NO2S/c1-14-7-12-22-16(14)17(20)19-13-18(8-10-21-11-9-18)15-5-3-2-4-6-15/h2-7,12H,8-11,13H2,1H3,(H,19,20). The normalized spacial score (nSPS) is 17.1. The molecule has 3 nitrogen and oxygen atoms in total. The van der Waals surface area contributed by atoms with Crippen LogP contribution in [-0.2, 0) is 10.2 Å². The molecule has 0 radical (unpaired) electrons. The first-order valence-corrected chi connectivity index (χ1v) is 8.55. The van der Waals surface area contributed by atoms with E-state index in [1.165, 1.54) is 16.9 Å². The van der Waals surface area contributed by atoms with Gasteiger partial charge in [0.05, 0.1) is 4.88 Å². The topological polar surface area (TPSA) is 38.3 Å². The predicted octanol–water partition coefficient (Wildman–Crippen LogP) is 3.53. The van der Waals surface area contributed by atoms with Crippen molar-refractivity contribution < 1.29 is 9.53 Å². The Hall–Kier alpha value is -1.65. The van der Waals surface area contributed by atoms with E-state index in [4.69, 9.17) is 4.74 Å². The van der Waals surface area contributed by atoms with E-state index in [0.717, 1.165) is 36.5 Å². The Morgan fingerprint density at radius 1 is 1.23 bits per heavy atom. The zero-order valence-corrected chi connectivity index (χ0v) is 13.6. The molecule has 1 amide bonds. The molecule has 3 rings (SSSR count). The lowest BCUT2D eigenvalue weighted by molar-refractivity contribution is 0.0487. The molecule has 1 aliphatic rings. The molecule has 1 aromatic carbocycles. The average molecular weight is 315 g/mol. The number of nitrogens with one attached hydrogen (secondary N) is 1. The summed E-state index contributed by atoms with van der Waals surface area (Å²) in [4.78, 5) is 13.2. The fourth-order valence-electron chi connectivity index (χ4n) is 3.06. The quantitative estimate of drug-likeness (QED) is 0.937. The summed E-state index contributed by atoms with van der Waals surface area (Å²) in [5.41, 5.74) is 2.32. The molecular weight excluding hydrogens is 294 g/mol. The lowest BCUT2D eigenvalue weighted by Gasteiger charge is -2.38. The summed E-state index contributed by atoms with van der Waals surface area (Å²) in [6.07, 6.45) is 1.89. The van der Waals surface area contributed by atoms with Gasteiger partial charge in [-0.2, -0.15) is 0 Å². The Kier molecular flexibility index (Phi) is 4.60. The van der Waals surface area contributed by atoms with Gasteiger partial charge in [0.1, 0.15) is 0 Å². The van der Waals surface area contributed by atoms with Gasteiger partial charge in [0.25, 0.3) is 5.91 Å². The molecule has 22 heavy (non-hydrogen) atoms. The average Bonchev–Trinajstić information content (AvgIpc) is 3.00. The van der Waals surface area contributed by atoms with E-state index in [1.807, 2.05) is 24.4 Å². The third-order valence-electron chi connectivity index (χ3n) is 4.49. The maximum Gasteiger partial charge on any atom is 0.261 e. The van der Waals surface area contributed by atoms with Crippen molar-refractivity contribution in [2.24, 2.45) is 0 Å². The van der Waals surface area contributed by atoms with Crippen LogP contribution >= 0.6 is 11.3 Å². The second-order valence-corrected chi connectivity index (χ2v) is 6.79. The third-order valence-corrected chi connectivity index (χ3v) is 5.51. The van der Waals surface area contributed by atoms with Crippen molar-refractivity contribution in [3.8, 4) is 0 Å². The number of aryl methyl sites for hydroxylation is 1. The summed E-state index contributed by atoms with van der Waals surface area (Å²) in [6.45, 7) is 4.15. The maximum atomic E-state index is 12.4. The van der Waals surface area contributed by atoms with Gasteiger partial charge in [0.15, 0.2) is 0 Å². The molecule has 1 aromatic heterocycles. The number of amides is 1. The molecule has 1 N–H and O–H groups in total. The van der Waals surface area contributed by atoms with E-state index >= 15 is 0 Å². The Morgan fingerprint density at radius 2 is 1.95 bits per heavy atom. The molecule has 0 unspecified atom stereocenters. The number of carbonyl (C=O) groups is 1. The monoisotopic (exact) mass is 315 g/mol. The molecule has 2 aromatic rings. The van der Waals surface area contributed by atoms with Crippen molar-refractivity contribution in [3.05, 3.63) is 57.8 Å². The summed E-state index contributed by atoms with van der Waals surface area (Å²) in [6, 6.07) is 12.5. The van der Waals surface area contributed by atoms with Gasteiger partial charge in [-0.25, -0.2) is 0 Å². The molecule has 0 bridgehead atoms. The maximum absolute atomic E-state index is 12.4. The molecule has 2 heterocycles. The van der Waals surface area contributed by atoms with Crippen LogP contribution in [0.1, 0.15) is 33.6 Å². The Bertz CT molecular complexity index is 630. The highest BCUT2D eigenvalue weighted by molar-refractivity contribution is 7.12. The van der Waals surface area contributed by atoms with Crippen molar-refractivity contribution in [2.45, 2.75) is 25.2 Å². The largest absolute Gasteiger partial charge is 0.381 e. The summed E-state index contributed by atoms with van der Waals surface area (Å²) in [5, 5.41) is 5.11. The van der Waals surface area contributed by atoms with E-state index < -0.39 is 0 Å². The van der Waals surface area contributed by atoms with Gasteiger partial charge in [0.2, 0.25) is 0 Å². The van der Waals surface area contributed by atoms with E-state index in [1.54, 1.807) is 0 Å². The van der Waals surface area contributed by atoms with Gasteiger partial charge < -0.3 is 10.1 Å². The number of ether oxygens (including phenoxy) is 1. The smallest absolute Gasteiger partial charge is 0.261 e. The molecule has 0 saturated carbocycles. The second-order valence-electron chi connectivity index (χ2n) is 5.87. The number of benzene rings is 1. The van der Waals surface area contributed by atoms with Crippen molar-refractivity contribution in [2.75, 3.05) is 19.8 Å². The first kappa shape index (κ1) is 15.3. The van der Waals surface area contributed by atoms with E-state index in [-0.39, 0.29) is 11.3 Å². The minimum atomic E-state index is -0.0136. The minimum Gasteiger partial charge on any atom is -0.381 e. The van der Waals surface area contributed by atoms with Gasteiger partial charge in [0, 0.05) is 25.2 Å². The van der Waals surface area contributed by atoms with Crippen LogP contribution < -0.4 is 5.32 Å². The zero-order chi connectivity index (χ0) is 15.4. The van der Waals surface area contributed by atoms with Crippen molar-refractivity contribution in [1.82, 2.24) is 5.32 Å². The van der Waals surface area contributed by atoms with Crippen molar-refractivity contribution in [3.63, 3.8) is 0 Å². The summed E-state index contributed by atoms with van der Waals surface area (Å²) >= 11 is 1.50. The SMILES string of the molecule is Cc1ccsc1C(=O)NCC1(c2ccccc2)CCOCC1. The van der Waals surface area contributed by atoms with Crippen LogP contribution in [0.25, 0.3) is 0 Å². The molecule has 116 valence electrons. The molecule has 4 heteroatoms. The van der Waals surface area contributed by atoms with Gasteiger partial charge in [-0.05, 0) is 42.3 Å². The highest BCUT2D eigenvalue weighted by Gasteiger charge is 2.34. The van der Waals surface area contributed by atoms with Crippen LogP contribution in [0.2, 0.25) is 0 Å². The van der Waals surface area contributed by atoms with Crippen LogP contribution in [0.5, 0.6) is 0 Å². The lowest BCUT2D eigenvalue weighted by atomic mass is 9.74. The van der Waals surface area contributed by atoms with Crippen LogP contribution in [0.15, 0.2) is 41.8 Å². The number of rotatable bonds is 4. The number of hydrogen-bond donors (Lipinski definition) is 1. The first-order valence-electron chi connectivity index (χ1n) is 7.67. The van der Waals surface area contributed by atoms with E-state index in [0.29, 0.717) is 6.54 Å². The fraction of sp³-hybridized carbons (Fsp3) is 0.389. The van der Waals surface area contributed by atoms with Gasteiger partial charge in [-0.15, -0.1) is 11.3 Å². The zero-order valence-electron chi connectivity index (χ0n) is 12.8. The Morgan fingerprint density at radius 3 is 2.59 bits per heavy atom. The lowest BCUT2D eigenvalue weighted by Crippen LogP contribution is -2.44. The fourth-order valence-corrected chi connectivity index (χ4v) is 3.90. The Labute approximate surface area is 135 Å².